The highest BCUT2D eigenvalue weighted by molar-refractivity contribution is 5.72. The first-order valence-corrected chi connectivity index (χ1v) is 10.1. The van der Waals surface area contributed by atoms with Crippen molar-refractivity contribution in [2.45, 2.75) is 35.1 Å². The number of carbonyl (C=O) groups excluding carboxylic acids is 3. The van der Waals surface area contributed by atoms with Crippen molar-refractivity contribution in [2.75, 3.05) is 97.7 Å². The van der Waals surface area contributed by atoms with Gasteiger partial charge in [0.1, 0.15) is 0 Å². The average Bonchev–Trinajstić information content (AvgIpc) is 2.63. The zero-order chi connectivity index (χ0) is 26.7. The summed E-state index contributed by atoms with van der Waals surface area (Å²) in [5.41, 5.74) is 4.72. The molecule has 0 saturated carbocycles. The van der Waals surface area contributed by atoms with Gasteiger partial charge in [-0.2, -0.15) is 0 Å². The third-order valence-corrected chi connectivity index (χ3v) is 2.97. The van der Waals surface area contributed by atoms with Crippen LogP contribution in [0.5, 0.6) is 0 Å². The minimum absolute atomic E-state index is 0. The minimum atomic E-state index is -0.407. The molecule has 0 aliphatic carbocycles. The van der Waals surface area contributed by atoms with Crippen molar-refractivity contribution < 1.29 is 14.4 Å². The van der Waals surface area contributed by atoms with E-state index in [-0.39, 0.29) is 19.2 Å². The lowest BCUT2D eigenvalue weighted by atomic mass is 10.7. The molecule has 200 valence electrons. The minimum Gasteiger partial charge on any atom is -0.352 e. The number of primary amides is 1. The van der Waals surface area contributed by atoms with Crippen molar-refractivity contribution in [2.24, 2.45) is 5.73 Å². The molecular weight excluding hydrogens is 410 g/mol. The summed E-state index contributed by atoms with van der Waals surface area (Å²) in [5, 5.41) is 2.75. The lowest BCUT2D eigenvalue weighted by Gasteiger charge is -2.02. The molecule has 0 aromatic heterocycles. The normalized spacial score (nSPS) is 7.94. The van der Waals surface area contributed by atoms with Crippen molar-refractivity contribution in [3.05, 3.63) is 0 Å². The second-order valence-corrected chi connectivity index (χ2v) is 7.35. The summed E-state index contributed by atoms with van der Waals surface area (Å²) in [6, 6.07) is -0.407. The quantitative estimate of drug-likeness (QED) is 0.634. The van der Waals surface area contributed by atoms with E-state index in [2.05, 4.69) is 57.2 Å². The summed E-state index contributed by atoms with van der Waals surface area (Å²) in [4.78, 5) is 38.6. The van der Waals surface area contributed by atoms with E-state index in [4.69, 9.17) is 5.73 Å². The van der Waals surface area contributed by atoms with Gasteiger partial charge in [0, 0.05) is 56.1 Å². The second kappa shape index (κ2) is 36.5. The highest BCUT2D eigenvalue weighted by Gasteiger charge is 1.89. The standard InChI is InChI=1S/2C4H9NO.2C4H11N.C3H8N2O.C2H7N.CH4/c2*1-4(6)5(2)3;2*1-4-5(2)3;1-5(2)3(4)6;1-3-2;/h2*1-3H3;2*4H2,1-3H3;1-2H3,(H2,4,6);3H,1-2H3;1H4. The van der Waals surface area contributed by atoms with Crippen molar-refractivity contribution in [3.63, 3.8) is 0 Å². The number of amides is 4. The summed E-state index contributed by atoms with van der Waals surface area (Å²) < 4.78 is 0. The molecule has 0 aromatic carbocycles. The molecule has 0 atom stereocenters. The van der Waals surface area contributed by atoms with E-state index in [9.17, 15) is 14.4 Å². The number of carbonyl (C=O) groups is 3. The van der Waals surface area contributed by atoms with E-state index in [1.807, 2.05) is 14.1 Å². The van der Waals surface area contributed by atoms with Crippen LogP contribution in [0.2, 0.25) is 0 Å². The Bertz CT molecular complexity index is 337. The molecule has 3 N–H and O–H groups in total. The molecule has 0 unspecified atom stereocenters. The SMILES string of the molecule is C.CC(=O)N(C)C.CC(=O)N(C)C.CCN(C)C.CCN(C)C.CN(C)C(N)=O.CNC. The van der Waals surface area contributed by atoms with Gasteiger partial charge < -0.3 is 35.6 Å². The molecule has 10 nitrogen and oxygen atoms in total. The average molecular weight is 470 g/mol. The van der Waals surface area contributed by atoms with Gasteiger partial charge in [-0.3, -0.25) is 9.59 Å². The maximum atomic E-state index is 10.1. The zero-order valence-corrected chi connectivity index (χ0v) is 23.5. The summed E-state index contributed by atoms with van der Waals surface area (Å²) in [6.45, 7) is 9.58. The monoisotopic (exact) mass is 469 g/mol. The van der Waals surface area contributed by atoms with Gasteiger partial charge in [-0.05, 0) is 55.4 Å². The lowest BCUT2D eigenvalue weighted by Crippen LogP contribution is -2.27. The fourth-order valence-corrected chi connectivity index (χ4v) is 0. The predicted octanol–water partition coefficient (Wildman–Crippen LogP) is 1.42. The number of nitrogens with one attached hydrogen (secondary N) is 1. The van der Waals surface area contributed by atoms with Crippen LogP contribution in [0.4, 0.5) is 4.79 Å². The van der Waals surface area contributed by atoms with Gasteiger partial charge in [0.2, 0.25) is 11.8 Å². The number of nitrogens with zero attached hydrogens (tertiary/aromatic N) is 5. The van der Waals surface area contributed by atoms with Gasteiger partial charge in [-0.15, -0.1) is 0 Å². The summed E-state index contributed by atoms with van der Waals surface area (Å²) in [7, 11) is 22.1. The van der Waals surface area contributed by atoms with Crippen LogP contribution in [0.1, 0.15) is 35.1 Å². The molecule has 0 aliphatic heterocycles. The smallest absolute Gasteiger partial charge is 0.314 e. The van der Waals surface area contributed by atoms with E-state index in [0.717, 1.165) is 13.1 Å². The van der Waals surface area contributed by atoms with Gasteiger partial charge in [0.15, 0.2) is 0 Å². The number of hydrogen-bond donors (Lipinski definition) is 2. The first-order chi connectivity index (χ1) is 13.9. The Labute approximate surface area is 201 Å². The molecule has 10 heteroatoms. The maximum Gasteiger partial charge on any atom is 0.314 e. The molecule has 32 heavy (non-hydrogen) atoms. The summed E-state index contributed by atoms with van der Waals surface area (Å²) in [5.74, 6) is 0.185. The summed E-state index contributed by atoms with van der Waals surface area (Å²) >= 11 is 0. The molecule has 0 bridgehead atoms. The van der Waals surface area contributed by atoms with E-state index in [1.165, 1.54) is 28.5 Å². The van der Waals surface area contributed by atoms with Crippen molar-refractivity contribution in [1.82, 2.24) is 29.8 Å². The number of urea groups is 1. The predicted molar refractivity (Wildman–Crippen MR) is 142 cm³/mol. The van der Waals surface area contributed by atoms with Crippen molar-refractivity contribution in [3.8, 4) is 0 Å². The molecule has 0 aliphatic rings. The van der Waals surface area contributed by atoms with Crippen LogP contribution in [-0.2, 0) is 9.59 Å². The Hall–Kier alpha value is -1.91. The molecule has 0 spiro atoms. The molecular formula is C22H59N7O3. The Morgan fingerprint density at radius 2 is 0.719 bits per heavy atom. The first kappa shape index (κ1) is 47.8. The summed E-state index contributed by atoms with van der Waals surface area (Å²) in [6.07, 6.45) is 0. The molecule has 4 amide bonds. The largest absolute Gasteiger partial charge is 0.352 e. The van der Waals surface area contributed by atoms with Crippen LogP contribution in [0.3, 0.4) is 0 Å². The van der Waals surface area contributed by atoms with E-state index in [1.54, 1.807) is 42.3 Å². The number of hydrogen-bond acceptors (Lipinski definition) is 6. The highest BCUT2D eigenvalue weighted by Crippen LogP contribution is 1.70. The topological polar surface area (TPSA) is 105 Å². The second-order valence-electron chi connectivity index (χ2n) is 7.35. The van der Waals surface area contributed by atoms with Crippen LogP contribution in [0.25, 0.3) is 0 Å². The van der Waals surface area contributed by atoms with Crippen molar-refractivity contribution in [1.29, 1.82) is 0 Å². The molecule has 0 rings (SSSR count). The number of rotatable bonds is 2. The Balaban J connectivity index is -0.0000000471. The van der Waals surface area contributed by atoms with Gasteiger partial charge in [0.05, 0.1) is 0 Å². The number of nitrogens with two attached hydrogens (primary N) is 1. The lowest BCUT2D eigenvalue weighted by molar-refractivity contribution is -0.127. The molecule has 0 saturated heterocycles. The molecule has 0 radical (unpaired) electrons. The zero-order valence-electron chi connectivity index (χ0n) is 23.5. The van der Waals surface area contributed by atoms with Gasteiger partial charge >= 0.3 is 6.03 Å². The van der Waals surface area contributed by atoms with Crippen LogP contribution in [0, 0.1) is 0 Å². The van der Waals surface area contributed by atoms with Gasteiger partial charge in [0.25, 0.3) is 0 Å². The van der Waals surface area contributed by atoms with E-state index >= 15 is 0 Å². The third kappa shape index (κ3) is 104. The van der Waals surface area contributed by atoms with Crippen molar-refractivity contribution >= 4 is 17.8 Å². The Kier molecular flexibility index (Phi) is 54.4. The highest BCUT2D eigenvalue weighted by atomic mass is 16.2. The fourth-order valence-electron chi connectivity index (χ4n) is 0. The van der Waals surface area contributed by atoms with E-state index < -0.39 is 6.03 Å². The first-order valence-electron chi connectivity index (χ1n) is 10.1. The third-order valence-electron chi connectivity index (χ3n) is 2.97. The van der Waals surface area contributed by atoms with Crippen LogP contribution < -0.4 is 11.1 Å². The molecule has 0 aromatic rings. The van der Waals surface area contributed by atoms with Gasteiger partial charge in [-0.1, -0.05) is 21.3 Å². The Morgan fingerprint density at radius 1 is 0.625 bits per heavy atom. The van der Waals surface area contributed by atoms with Crippen LogP contribution in [-0.4, -0.2) is 140 Å². The molecule has 0 heterocycles. The Morgan fingerprint density at radius 3 is 0.719 bits per heavy atom. The van der Waals surface area contributed by atoms with Crippen LogP contribution >= 0.6 is 0 Å². The van der Waals surface area contributed by atoms with Crippen LogP contribution in [0.15, 0.2) is 0 Å². The van der Waals surface area contributed by atoms with E-state index in [0.29, 0.717) is 0 Å². The maximum absolute atomic E-state index is 10.1. The van der Waals surface area contributed by atoms with Gasteiger partial charge in [-0.25, -0.2) is 4.79 Å². The molecule has 0 fully saturated rings. The fraction of sp³-hybridized carbons (Fsp3) is 0.864.